The fourth-order valence-electron chi connectivity index (χ4n) is 3.22. The number of piperidine rings is 1. The first kappa shape index (κ1) is 18.9. The minimum absolute atomic E-state index is 0.173. The highest BCUT2D eigenvalue weighted by Gasteiger charge is 2.31. The van der Waals surface area contributed by atoms with E-state index in [0.717, 1.165) is 12.1 Å². The monoisotopic (exact) mass is 411 g/mol. The summed E-state index contributed by atoms with van der Waals surface area (Å²) in [6, 6.07) is 13.1. The number of carbonyl (C=O) groups is 2. The summed E-state index contributed by atoms with van der Waals surface area (Å²) in [6.07, 6.45) is 2.82. The maximum atomic E-state index is 12.8. The van der Waals surface area contributed by atoms with Gasteiger partial charge in [-0.15, -0.1) is 5.10 Å². The number of nitrogens with zero attached hydrogens (tertiary/aromatic N) is 5. The molecule has 2 heterocycles. The fraction of sp³-hybridized carbons (Fsp3) is 0.211. The molecule has 1 aliphatic heterocycles. The van der Waals surface area contributed by atoms with Crippen LogP contribution in [0.5, 0.6) is 0 Å². The topological polar surface area (TPSA) is 105 Å². The summed E-state index contributed by atoms with van der Waals surface area (Å²) >= 11 is 6.23. The van der Waals surface area contributed by atoms with Crippen LogP contribution >= 0.6 is 11.6 Å². The first-order chi connectivity index (χ1) is 14.1. The Labute approximate surface area is 171 Å². The molecule has 0 spiro atoms. The number of tetrazole rings is 1. The number of aromatic nitrogens is 4. The third-order valence-electron chi connectivity index (χ3n) is 4.63. The molecule has 1 saturated heterocycles. The van der Waals surface area contributed by atoms with Crippen molar-refractivity contribution in [3.63, 3.8) is 0 Å². The van der Waals surface area contributed by atoms with Gasteiger partial charge in [0.25, 0.3) is 0 Å². The maximum Gasteiger partial charge on any atom is 0.319 e. The van der Waals surface area contributed by atoms with Crippen LogP contribution in [0.25, 0.3) is 5.69 Å². The predicted octanol–water partition coefficient (Wildman–Crippen LogP) is 2.63. The lowest BCUT2D eigenvalue weighted by Crippen LogP contribution is -2.53. The molecule has 4 rings (SSSR count). The predicted molar refractivity (Wildman–Crippen MR) is 108 cm³/mol. The van der Waals surface area contributed by atoms with Crippen LogP contribution < -0.4 is 15.5 Å². The average molecular weight is 412 g/mol. The lowest BCUT2D eigenvalue weighted by Gasteiger charge is -2.33. The number of hydrogen-bond acceptors (Lipinski definition) is 5. The average Bonchev–Trinajstić information content (AvgIpc) is 3.26. The molecular formula is C19H18ClN7O2. The van der Waals surface area contributed by atoms with Gasteiger partial charge in [0.05, 0.1) is 16.4 Å². The Hall–Kier alpha value is -3.46. The van der Waals surface area contributed by atoms with Crippen molar-refractivity contribution in [3.8, 4) is 5.69 Å². The van der Waals surface area contributed by atoms with Crippen molar-refractivity contribution in [2.75, 3.05) is 16.8 Å². The van der Waals surface area contributed by atoms with Gasteiger partial charge in [0.1, 0.15) is 12.4 Å². The molecule has 29 heavy (non-hydrogen) atoms. The van der Waals surface area contributed by atoms with E-state index in [2.05, 4.69) is 26.2 Å². The normalized spacial score (nSPS) is 16.5. The van der Waals surface area contributed by atoms with Crippen molar-refractivity contribution in [2.45, 2.75) is 18.9 Å². The number of para-hydroxylation sites is 1. The lowest BCUT2D eigenvalue weighted by atomic mass is 10.0. The van der Waals surface area contributed by atoms with E-state index in [4.69, 9.17) is 11.6 Å². The molecule has 148 valence electrons. The van der Waals surface area contributed by atoms with Gasteiger partial charge < -0.3 is 15.5 Å². The third kappa shape index (κ3) is 4.19. The standard InChI is InChI=1S/C19H18ClN7O2/c20-15-4-1-2-6-17(15)26-11-3-5-16(18(26)28)23-19(29)22-13-7-9-14(10-8-13)27-12-21-24-25-27/h1-2,4,6-10,12,16H,3,5,11H2,(H2,22,23,29). The maximum absolute atomic E-state index is 12.8. The molecule has 1 unspecified atom stereocenters. The third-order valence-corrected chi connectivity index (χ3v) is 4.95. The van der Waals surface area contributed by atoms with E-state index >= 15 is 0 Å². The molecule has 9 nitrogen and oxygen atoms in total. The smallest absolute Gasteiger partial charge is 0.319 e. The van der Waals surface area contributed by atoms with Crippen LogP contribution in [-0.2, 0) is 4.79 Å². The molecule has 2 aromatic carbocycles. The Balaban J connectivity index is 1.39. The molecule has 10 heteroatoms. The fourth-order valence-corrected chi connectivity index (χ4v) is 3.46. The number of carbonyl (C=O) groups excluding carboxylic acids is 2. The van der Waals surface area contributed by atoms with Crippen molar-refractivity contribution in [1.82, 2.24) is 25.5 Å². The largest absolute Gasteiger partial charge is 0.326 e. The minimum Gasteiger partial charge on any atom is -0.326 e. The van der Waals surface area contributed by atoms with Crippen LogP contribution in [0.1, 0.15) is 12.8 Å². The van der Waals surface area contributed by atoms with E-state index in [1.165, 1.54) is 11.0 Å². The number of amides is 3. The van der Waals surface area contributed by atoms with E-state index in [1.54, 1.807) is 41.3 Å². The van der Waals surface area contributed by atoms with Gasteiger partial charge in [-0.05, 0) is 59.7 Å². The second kappa shape index (κ2) is 8.27. The molecule has 1 atom stereocenters. The Kier molecular flexibility index (Phi) is 5.39. The quantitative estimate of drug-likeness (QED) is 0.686. The molecule has 0 bridgehead atoms. The Bertz CT molecular complexity index is 1010. The van der Waals surface area contributed by atoms with Crippen molar-refractivity contribution >= 4 is 34.9 Å². The summed E-state index contributed by atoms with van der Waals surface area (Å²) in [5.41, 5.74) is 2.01. The lowest BCUT2D eigenvalue weighted by molar-refractivity contribution is -0.121. The van der Waals surface area contributed by atoms with Crippen molar-refractivity contribution in [1.29, 1.82) is 0 Å². The number of nitrogens with one attached hydrogen (secondary N) is 2. The highest BCUT2D eigenvalue weighted by molar-refractivity contribution is 6.33. The van der Waals surface area contributed by atoms with E-state index in [9.17, 15) is 9.59 Å². The summed E-state index contributed by atoms with van der Waals surface area (Å²) in [4.78, 5) is 26.9. The number of benzene rings is 2. The van der Waals surface area contributed by atoms with Crippen LogP contribution in [0.2, 0.25) is 5.02 Å². The van der Waals surface area contributed by atoms with Gasteiger partial charge in [0.2, 0.25) is 5.91 Å². The van der Waals surface area contributed by atoms with E-state index in [1.807, 2.05) is 12.1 Å². The summed E-state index contributed by atoms with van der Waals surface area (Å²) in [7, 11) is 0. The number of rotatable bonds is 4. The molecule has 0 aliphatic carbocycles. The van der Waals surface area contributed by atoms with Gasteiger partial charge in [-0.25, -0.2) is 9.48 Å². The molecular weight excluding hydrogens is 394 g/mol. The molecule has 1 fully saturated rings. The van der Waals surface area contributed by atoms with E-state index < -0.39 is 12.1 Å². The van der Waals surface area contributed by atoms with Crippen molar-refractivity contribution in [3.05, 3.63) is 59.9 Å². The van der Waals surface area contributed by atoms with Gasteiger partial charge in [0.15, 0.2) is 0 Å². The first-order valence-electron chi connectivity index (χ1n) is 9.08. The van der Waals surface area contributed by atoms with Crippen LogP contribution in [0, 0.1) is 0 Å². The Morgan fingerprint density at radius 1 is 1.14 bits per heavy atom. The summed E-state index contributed by atoms with van der Waals surface area (Å²) < 4.78 is 1.51. The highest BCUT2D eigenvalue weighted by Crippen LogP contribution is 2.28. The van der Waals surface area contributed by atoms with E-state index in [0.29, 0.717) is 29.4 Å². The molecule has 3 amide bonds. The molecule has 1 aliphatic rings. The van der Waals surface area contributed by atoms with Crippen LogP contribution in [0.4, 0.5) is 16.2 Å². The molecule has 3 aromatic rings. The number of urea groups is 1. The van der Waals surface area contributed by atoms with Gasteiger partial charge in [0, 0.05) is 12.2 Å². The number of halogens is 1. The molecule has 0 saturated carbocycles. The van der Waals surface area contributed by atoms with Gasteiger partial charge >= 0.3 is 6.03 Å². The Morgan fingerprint density at radius 3 is 2.66 bits per heavy atom. The molecule has 2 N–H and O–H groups in total. The zero-order chi connectivity index (χ0) is 20.2. The number of hydrogen-bond donors (Lipinski definition) is 2. The Morgan fingerprint density at radius 2 is 1.93 bits per heavy atom. The molecule has 0 radical (unpaired) electrons. The van der Waals surface area contributed by atoms with E-state index in [-0.39, 0.29) is 5.91 Å². The zero-order valence-corrected chi connectivity index (χ0v) is 16.1. The zero-order valence-electron chi connectivity index (χ0n) is 15.3. The van der Waals surface area contributed by atoms with Gasteiger partial charge in [-0.2, -0.15) is 0 Å². The highest BCUT2D eigenvalue weighted by atomic mass is 35.5. The summed E-state index contributed by atoms with van der Waals surface area (Å²) in [5.74, 6) is -0.173. The SMILES string of the molecule is O=C(Nc1ccc(-n2cnnn2)cc1)NC1CCCN(c2ccccc2Cl)C1=O. The minimum atomic E-state index is -0.611. The molecule has 1 aromatic heterocycles. The van der Waals surface area contributed by atoms with Crippen LogP contribution in [0.3, 0.4) is 0 Å². The van der Waals surface area contributed by atoms with Crippen LogP contribution in [-0.4, -0.2) is 44.7 Å². The van der Waals surface area contributed by atoms with Gasteiger partial charge in [-0.3, -0.25) is 4.79 Å². The second-order valence-electron chi connectivity index (χ2n) is 6.54. The van der Waals surface area contributed by atoms with Gasteiger partial charge in [-0.1, -0.05) is 23.7 Å². The number of anilines is 2. The first-order valence-corrected chi connectivity index (χ1v) is 9.46. The summed E-state index contributed by atoms with van der Waals surface area (Å²) in [6.45, 7) is 0.570. The van der Waals surface area contributed by atoms with Crippen molar-refractivity contribution in [2.24, 2.45) is 0 Å². The summed E-state index contributed by atoms with van der Waals surface area (Å²) in [5, 5.41) is 17.0. The van der Waals surface area contributed by atoms with Crippen LogP contribution in [0.15, 0.2) is 54.9 Å². The second-order valence-corrected chi connectivity index (χ2v) is 6.94. The van der Waals surface area contributed by atoms with Crippen molar-refractivity contribution < 1.29 is 9.59 Å².